The minimum atomic E-state index is -1.09. The van der Waals surface area contributed by atoms with E-state index in [1.165, 1.54) is 25.0 Å². The molecule has 0 aromatic heterocycles. The average molecular weight is 264 g/mol. The molecule has 0 unspecified atom stereocenters. The second-order valence-electron chi connectivity index (χ2n) is 4.74. The molecule has 0 atom stereocenters. The highest BCUT2D eigenvalue weighted by Gasteiger charge is 2.15. The molecule has 4 heteroatoms. The lowest BCUT2D eigenvalue weighted by Crippen LogP contribution is -2.07. The first-order valence-corrected chi connectivity index (χ1v) is 6.46. The van der Waals surface area contributed by atoms with Gasteiger partial charge in [0.2, 0.25) is 0 Å². The van der Waals surface area contributed by atoms with Gasteiger partial charge >= 0.3 is 5.97 Å². The number of carbonyl (C=O) groups is 1. The van der Waals surface area contributed by atoms with Crippen molar-refractivity contribution in [1.82, 2.24) is 0 Å². The summed E-state index contributed by atoms with van der Waals surface area (Å²) in [6, 6.07) is 4.64. The Labute approximate surface area is 111 Å². The largest absolute Gasteiger partial charge is 0.478 e. The molecular weight excluding hydrogens is 247 g/mol. The number of benzene rings is 1. The zero-order valence-corrected chi connectivity index (χ0v) is 10.6. The third-order valence-corrected chi connectivity index (χ3v) is 3.25. The maximum atomic E-state index is 13.5. The van der Waals surface area contributed by atoms with Gasteiger partial charge in [-0.2, -0.15) is 0 Å². The quantitative estimate of drug-likeness (QED) is 0.829. The number of hydrogen-bond acceptors (Lipinski definition) is 2. The molecule has 19 heavy (non-hydrogen) atoms. The number of hydrogen-bond donors (Lipinski definition) is 1. The third-order valence-electron chi connectivity index (χ3n) is 3.25. The fraction of sp³-hybridized carbons (Fsp3) is 0.400. The lowest BCUT2D eigenvalue weighted by Gasteiger charge is -2.11. The summed E-state index contributed by atoms with van der Waals surface area (Å²) in [5.41, 5.74) is 1.13. The Morgan fingerprint density at radius 1 is 1.42 bits per heavy atom. The van der Waals surface area contributed by atoms with Crippen molar-refractivity contribution in [3.8, 4) is 0 Å². The van der Waals surface area contributed by atoms with E-state index in [-0.39, 0.29) is 5.56 Å². The molecule has 2 rings (SSSR count). The lowest BCUT2D eigenvalue weighted by atomic mass is 10.1. The Morgan fingerprint density at radius 3 is 2.84 bits per heavy atom. The number of rotatable bonds is 5. The van der Waals surface area contributed by atoms with Crippen molar-refractivity contribution in [3.05, 3.63) is 41.2 Å². The molecular formula is C15H17FO3. The van der Waals surface area contributed by atoms with Crippen molar-refractivity contribution < 1.29 is 19.0 Å². The SMILES string of the molecule is O=C(O)C=Cc1cc(COC2CCCC2)ccc1F. The molecule has 1 saturated carbocycles. The molecule has 1 aliphatic rings. The molecule has 3 nitrogen and oxygen atoms in total. The van der Waals surface area contributed by atoms with Crippen molar-refractivity contribution in [2.24, 2.45) is 0 Å². The summed E-state index contributed by atoms with van der Waals surface area (Å²) in [6.07, 6.45) is 7.10. The Balaban J connectivity index is 2.00. The topological polar surface area (TPSA) is 46.5 Å². The van der Waals surface area contributed by atoms with E-state index in [1.807, 2.05) is 0 Å². The molecule has 0 spiro atoms. The van der Waals surface area contributed by atoms with E-state index in [0.717, 1.165) is 24.5 Å². The van der Waals surface area contributed by atoms with Crippen LogP contribution >= 0.6 is 0 Å². The lowest BCUT2D eigenvalue weighted by molar-refractivity contribution is -0.131. The van der Waals surface area contributed by atoms with Crippen LogP contribution in [0, 0.1) is 5.82 Å². The number of halogens is 1. The second kappa shape index (κ2) is 6.48. The Kier molecular flexibility index (Phi) is 4.68. The molecule has 1 aromatic rings. The van der Waals surface area contributed by atoms with Gasteiger partial charge in [-0.3, -0.25) is 0 Å². The van der Waals surface area contributed by atoms with Crippen LogP contribution in [0.25, 0.3) is 6.08 Å². The Morgan fingerprint density at radius 2 is 2.16 bits per heavy atom. The van der Waals surface area contributed by atoms with E-state index in [4.69, 9.17) is 9.84 Å². The van der Waals surface area contributed by atoms with Gasteiger partial charge in [-0.15, -0.1) is 0 Å². The summed E-state index contributed by atoms with van der Waals surface area (Å²) in [7, 11) is 0. The average Bonchev–Trinajstić information content (AvgIpc) is 2.89. The van der Waals surface area contributed by atoms with Crippen LogP contribution in [0.5, 0.6) is 0 Å². The highest BCUT2D eigenvalue weighted by molar-refractivity contribution is 5.85. The number of carboxylic acid groups (broad SMARTS) is 1. The predicted octanol–water partition coefficient (Wildman–Crippen LogP) is 3.38. The zero-order chi connectivity index (χ0) is 13.7. The first-order valence-electron chi connectivity index (χ1n) is 6.46. The summed E-state index contributed by atoms with van der Waals surface area (Å²) in [6.45, 7) is 0.443. The van der Waals surface area contributed by atoms with E-state index < -0.39 is 11.8 Å². The molecule has 102 valence electrons. The first-order chi connectivity index (χ1) is 9.15. The van der Waals surface area contributed by atoms with Crippen LogP contribution in [0.1, 0.15) is 36.8 Å². The summed E-state index contributed by atoms with van der Waals surface area (Å²) in [4.78, 5) is 10.4. The molecule has 0 aliphatic heterocycles. The van der Waals surface area contributed by atoms with Crippen LogP contribution in [-0.2, 0) is 16.1 Å². The molecule has 0 amide bonds. The monoisotopic (exact) mass is 264 g/mol. The fourth-order valence-electron chi connectivity index (χ4n) is 2.24. The van der Waals surface area contributed by atoms with Crippen molar-refractivity contribution >= 4 is 12.0 Å². The van der Waals surface area contributed by atoms with Gasteiger partial charge in [0.25, 0.3) is 0 Å². The molecule has 0 heterocycles. The fourth-order valence-corrected chi connectivity index (χ4v) is 2.24. The highest BCUT2D eigenvalue weighted by atomic mass is 19.1. The minimum Gasteiger partial charge on any atom is -0.478 e. The van der Waals surface area contributed by atoms with Gasteiger partial charge in [-0.1, -0.05) is 18.9 Å². The summed E-state index contributed by atoms with van der Waals surface area (Å²) >= 11 is 0. The van der Waals surface area contributed by atoms with Gasteiger partial charge in [0, 0.05) is 11.6 Å². The maximum absolute atomic E-state index is 13.5. The predicted molar refractivity (Wildman–Crippen MR) is 70.1 cm³/mol. The van der Waals surface area contributed by atoms with Gasteiger partial charge in [-0.05, 0) is 36.6 Å². The number of aliphatic carboxylic acids is 1. The van der Waals surface area contributed by atoms with E-state index >= 15 is 0 Å². The van der Waals surface area contributed by atoms with Crippen LogP contribution in [0.4, 0.5) is 4.39 Å². The van der Waals surface area contributed by atoms with Crippen LogP contribution < -0.4 is 0 Å². The van der Waals surface area contributed by atoms with E-state index in [2.05, 4.69) is 0 Å². The number of ether oxygens (including phenoxy) is 1. The van der Waals surface area contributed by atoms with E-state index in [9.17, 15) is 9.18 Å². The standard InChI is InChI=1S/C15H17FO3/c16-14-7-5-11(9-12(14)6-8-15(17)18)10-19-13-3-1-2-4-13/h5-9,13H,1-4,10H2,(H,17,18). The van der Waals surface area contributed by atoms with Crippen LogP contribution in [0.3, 0.4) is 0 Å². The molecule has 1 fully saturated rings. The highest BCUT2D eigenvalue weighted by Crippen LogP contribution is 2.22. The molecule has 0 saturated heterocycles. The van der Waals surface area contributed by atoms with Gasteiger partial charge in [0.15, 0.2) is 0 Å². The summed E-state index contributed by atoms with van der Waals surface area (Å²) in [5, 5.41) is 8.55. The smallest absolute Gasteiger partial charge is 0.328 e. The maximum Gasteiger partial charge on any atom is 0.328 e. The van der Waals surface area contributed by atoms with Crippen LogP contribution in [0.2, 0.25) is 0 Å². The minimum absolute atomic E-state index is 0.273. The van der Waals surface area contributed by atoms with Crippen LogP contribution in [0.15, 0.2) is 24.3 Å². The molecule has 1 aromatic carbocycles. The second-order valence-corrected chi connectivity index (χ2v) is 4.74. The Bertz CT molecular complexity index is 476. The van der Waals surface area contributed by atoms with Gasteiger partial charge in [-0.25, -0.2) is 9.18 Å². The van der Waals surface area contributed by atoms with E-state index in [1.54, 1.807) is 12.1 Å². The molecule has 1 N–H and O–H groups in total. The number of carboxylic acids is 1. The molecule has 1 aliphatic carbocycles. The van der Waals surface area contributed by atoms with E-state index in [0.29, 0.717) is 12.7 Å². The summed E-state index contributed by atoms with van der Waals surface area (Å²) in [5.74, 6) is -1.52. The van der Waals surface area contributed by atoms with Gasteiger partial charge < -0.3 is 9.84 Å². The first kappa shape index (κ1) is 13.7. The molecule has 0 radical (unpaired) electrons. The summed E-state index contributed by atoms with van der Waals surface area (Å²) < 4.78 is 19.2. The van der Waals surface area contributed by atoms with Gasteiger partial charge in [0.1, 0.15) is 5.82 Å². The van der Waals surface area contributed by atoms with Crippen molar-refractivity contribution in [2.45, 2.75) is 38.4 Å². The van der Waals surface area contributed by atoms with Crippen molar-refractivity contribution in [1.29, 1.82) is 0 Å². The third kappa shape index (κ3) is 4.17. The van der Waals surface area contributed by atoms with Gasteiger partial charge in [0.05, 0.1) is 12.7 Å². The normalized spacial score (nSPS) is 16.3. The molecule has 0 bridgehead atoms. The van der Waals surface area contributed by atoms with Crippen molar-refractivity contribution in [3.63, 3.8) is 0 Å². The van der Waals surface area contributed by atoms with Crippen LogP contribution in [-0.4, -0.2) is 17.2 Å². The van der Waals surface area contributed by atoms with Crippen molar-refractivity contribution in [2.75, 3.05) is 0 Å². The zero-order valence-electron chi connectivity index (χ0n) is 10.6. The Hall–Kier alpha value is -1.68.